The van der Waals surface area contributed by atoms with Gasteiger partial charge in [0.05, 0.1) is 18.2 Å². The second-order valence-corrected chi connectivity index (χ2v) is 5.93. The van der Waals surface area contributed by atoms with E-state index in [1.54, 1.807) is 0 Å². The summed E-state index contributed by atoms with van der Waals surface area (Å²) in [6, 6.07) is 1.53. The Balaban J connectivity index is 2.01. The Morgan fingerprint density at radius 3 is 2.82 bits per heavy atom. The van der Waals surface area contributed by atoms with E-state index >= 15 is 0 Å². The van der Waals surface area contributed by atoms with E-state index in [0.29, 0.717) is 19.6 Å². The number of rotatable bonds is 3. The molecule has 2 amide bonds. The Morgan fingerprint density at radius 2 is 2.18 bits per heavy atom. The fraction of sp³-hybridized carbons (Fsp3) is 0.538. The SMILES string of the molecule is CCCOC(=O)N1CCc2cc(NC(=O)C(F)(F)F)sc2C1. The molecule has 22 heavy (non-hydrogen) atoms. The molecule has 0 bridgehead atoms. The quantitative estimate of drug-likeness (QED) is 0.922. The van der Waals surface area contributed by atoms with Gasteiger partial charge in [-0.1, -0.05) is 6.92 Å². The summed E-state index contributed by atoms with van der Waals surface area (Å²) in [7, 11) is 0. The van der Waals surface area contributed by atoms with E-state index in [1.165, 1.54) is 11.0 Å². The van der Waals surface area contributed by atoms with Crippen molar-refractivity contribution in [2.45, 2.75) is 32.5 Å². The van der Waals surface area contributed by atoms with Crippen LogP contribution in [0, 0.1) is 0 Å². The van der Waals surface area contributed by atoms with Crippen LogP contribution in [0.4, 0.5) is 23.0 Å². The molecule has 1 aromatic rings. The number of hydrogen-bond acceptors (Lipinski definition) is 4. The summed E-state index contributed by atoms with van der Waals surface area (Å²) in [5.41, 5.74) is 0.849. The van der Waals surface area contributed by atoms with Gasteiger partial charge in [0, 0.05) is 11.4 Å². The molecule has 1 aromatic heterocycles. The molecule has 0 aromatic carbocycles. The second-order valence-electron chi connectivity index (χ2n) is 4.80. The number of carbonyl (C=O) groups excluding carboxylic acids is 2. The molecular weight excluding hydrogens is 321 g/mol. The Bertz CT molecular complexity index is 571. The van der Waals surface area contributed by atoms with Crippen LogP contribution < -0.4 is 5.32 Å². The topological polar surface area (TPSA) is 58.6 Å². The fourth-order valence-corrected chi connectivity index (χ4v) is 3.12. The molecule has 2 heterocycles. The second kappa shape index (κ2) is 6.55. The highest BCUT2D eigenvalue weighted by molar-refractivity contribution is 7.16. The van der Waals surface area contributed by atoms with Crippen LogP contribution >= 0.6 is 11.3 Å². The summed E-state index contributed by atoms with van der Waals surface area (Å²) in [5.74, 6) is -2.00. The number of carbonyl (C=O) groups is 2. The van der Waals surface area contributed by atoms with E-state index in [1.807, 2.05) is 12.2 Å². The van der Waals surface area contributed by atoms with E-state index in [4.69, 9.17) is 4.74 Å². The monoisotopic (exact) mass is 336 g/mol. The third kappa shape index (κ3) is 3.90. The zero-order valence-electron chi connectivity index (χ0n) is 11.8. The number of hydrogen-bond donors (Lipinski definition) is 1. The Labute approximate surface area is 129 Å². The first-order valence-electron chi connectivity index (χ1n) is 6.72. The Hall–Kier alpha value is -1.77. The number of alkyl halides is 3. The minimum absolute atomic E-state index is 0.135. The normalized spacial score (nSPS) is 14.5. The van der Waals surface area contributed by atoms with Crippen LogP contribution in [0.1, 0.15) is 23.8 Å². The summed E-state index contributed by atoms with van der Waals surface area (Å²) in [5, 5.41) is 1.97. The van der Waals surface area contributed by atoms with Crippen molar-refractivity contribution in [3.63, 3.8) is 0 Å². The number of thiophene rings is 1. The molecule has 1 N–H and O–H groups in total. The minimum atomic E-state index is -4.92. The first-order chi connectivity index (χ1) is 10.3. The van der Waals surface area contributed by atoms with Gasteiger partial charge in [-0.25, -0.2) is 4.79 Å². The van der Waals surface area contributed by atoms with E-state index in [9.17, 15) is 22.8 Å². The van der Waals surface area contributed by atoms with Crippen molar-refractivity contribution >= 4 is 28.3 Å². The van der Waals surface area contributed by atoms with Gasteiger partial charge in [-0.2, -0.15) is 13.2 Å². The van der Waals surface area contributed by atoms with Gasteiger partial charge in [-0.3, -0.25) is 4.79 Å². The predicted molar refractivity (Wildman–Crippen MR) is 74.8 cm³/mol. The average molecular weight is 336 g/mol. The van der Waals surface area contributed by atoms with Crippen molar-refractivity contribution in [2.24, 2.45) is 0 Å². The predicted octanol–water partition coefficient (Wildman–Crippen LogP) is 3.15. The highest BCUT2D eigenvalue weighted by Crippen LogP contribution is 2.32. The van der Waals surface area contributed by atoms with Crippen LogP contribution in [-0.4, -0.2) is 36.2 Å². The summed E-state index contributed by atoms with van der Waals surface area (Å²) in [6.07, 6.45) is -4.10. The zero-order chi connectivity index (χ0) is 16.3. The van der Waals surface area contributed by atoms with Crippen LogP contribution in [0.2, 0.25) is 0 Å². The van der Waals surface area contributed by atoms with Crippen molar-refractivity contribution < 1.29 is 27.5 Å². The summed E-state index contributed by atoms with van der Waals surface area (Å²) >= 11 is 1.04. The highest BCUT2D eigenvalue weighted by Gasteiger charge is 2.39. The number of nitrogens with one attached hydrogen (secondary N) is 1. The van der Waals surface area contributed by atoms with Crippen LogP contribution in [-0.2, 0) is 22.5 Å². The van der Waals surface area contributed by atoms with E-state index < -0.39 is 18.2 Å². The highest BCUT2D eigenvalue weighted by atomic mass is 32.1. The van der Waals surface area contributed by atoms with Crippen molar-refractivity contribution in [2.75, 3.05) is 18.5 Å². The zero-order valence-corrected chi connectivity index (χ0v) is 12.6. The first kappa shape index (κ1) is 16.6. The van der Waals surface area contributed by atoms with Crippen LogP contribution in [0.15, 0.2) is 6.07 Å². The lowest BCUT2D eigenvalue weighted by Gasteiger charge is -2.25. The lowest BCUT2D eigenvalue weighted by Crippen LogP contribution is -2.35. The van der Waals surface area contributed by atoms with Crippen LogP contribution in [0.25, 0.3) is 0 Å². The van der Waals surface area contributed by atoms with Crippen molar-refractivity contribution in [3.05, 3.63) is 16.5 Å². The minimum Gasteiger partial charge on any atom is -0.449 e. The standard InChI is InChI=1S/C13H15F3N2O3S/c1-2-5-21-12(20)18-4-3-8-6-10(22-9(8)7-18)17-11(19)13(14,15)16/h6H,2-5,7H2,1H3,(H,17,19). The molecule has 0 fully saturated rings. The first-order valence-corrected chi connectivity index (χ1v) is 7.54. The molecule has 122 valence electrons. The third-order valence-electron chi connectivity index (χ3n) is 3.06. The Morgan fingerprint density at radius 1 is 1.45 bits per heavy atom. The van der Waals surface area contributed by atoms with E-state index in [0.717, 1.165) is 28.2 Å². The van der Waals surface area contributed by atoms with Crippen molar-refractivity contribution in [1.82, 2.24) is 4.90 Å². The maximum Gasteiger partial charge on any atom is 0.471 e. The van der Waals surface area contributed by atoms with Gasteiger partial charge < -0.3 is 15.0 Å². The number of halogens is 3. The van der Waals surface area contributed by atoms with Gasteiger partial charge in [-0.15, -0.1) is 11.3 Å². The van der Waals surface area contributed by atoms with Crippen molar-refractivity contribution in [3.8, 4) is 0 Å². The molecular formula is C13H15F3N2O3S. The third-order valence-corrected chi connectivity index (χ3v) is 4.14. The van der Waals surface area contributed by atoms with Gasteiger partial charge in [-0.05, 0) is 24.5 Å². The van der Waals surface area contributed by atoms with Crippen molar-refractivity contribution in [1.29, 1.82) is 0 Å². The molecule has 0 atom stereocenters. The summed E-state index contributed by atoms with van der Waals surface area (Å²) in [6.45, 7) is 2.94. The van der Waals surface area contributed by atoms with E-state index in [2.05, 4.69) is 0 Å². The lowest BCUT2D eigenvalue weighted by molar-refractivity contribution is -0.167. The molecule has 1 aliphatic rings. The molecule has 5 nitrogen and oxygen atoms in total. The van der Waals surface area contributed by atoms with E-state index in [-0.39, 0.29) is 11.5 Å². The molecule has 0 unspecified atom stereocenters. The Kier molecular flexibility index (Phi) is 4.94. The molecule has 0 saturated carbocycles. The smallest absolute Gasteiger partial charge is 0.449 e. The maximum atomic E-state index is 12.2. The average Bonchev–Trinajstić information content (AvgIpc) is 2.84. The fourth-order valence-electron chi connectivity index (χ4n) is 2.00. The number of anilines is 1. The number of amides is 2. The van der Waals surface area contributed by atoms with Gasteiger partial charge in [0.1, 0.15) is 0 Å². The molecule has 2 rings (SSSR count). The molecule has 0 spiro atoms. The largest absolute Gasteiger partial charge is 0.471 e. The lowest BCUT2D eigenvalue weighted by atomic mass is 10.1. The summed E-state index contributed by atoms with van der Waals surface area (Å²) in [4.78, 5) is 25.0. The number of nitrogens with zero attached hydrogens (tertiary/aromatic N) is 1. The van der Waals surface area contributed by atoms with Gasteiger partial charge >= 0.3 is 18.2 Å². The van der Waals surface area contributed by atoms with Gasteiger partial charge in [0.2, 0.25) is 0 Å². The van der Waals surface area contributed by atoms with Crippen LogP contribution in [0.5, 0.6) is 0 Å². The number of ether oxygens (including phenoxy) is 1. The van der Waals surface area contributed by atoms with Gasteiger partial charge in [0.25, 0.3) is 0 Å². The van der Waals surface area contributed by atoms with Gasteiger partial charge in [0.15, 0.2) is 0 Å². The summed E-state index contributed by atoms with van der Waals surface area (Å²) < 4.78 is 41.7. The molecule has 0 saturated heterocycles. The molecule has 1 aliphatic heterocycles. The number of fused-ring (bicyclic) bond motifs is 1. The molecule has 9 heteroatoms. The molecule has 0 aliphatic carbocycles. The van der Waals surface area contributed by atoms with Crippen LogP contribution in [0.3, 0.4) is 0 Å². The molecule has 0 radical (unpaired) electrons. The maximum absolute atomic E-state index is 12.2.